The summed E-state index contributed by atoms with van der Waals surface area (Å²) in [5.41, 5.74) is 1.50. The van der Waals surface area contributed by atoms with Crippen molar-refractivity contribution in [2.45, 2.75) is 6.61 Å². The van der Waals surface area contributed by atoms with Crippen LogP contribution in [0.3, 0.4) is 0 Å². The fourth-order valence-electron chi connectivity index (χ4n) is 2.29. The monoisotopic (exact) mass is 412 g/mol. The summed E-state index contributed by atoms with van der Waals surface area (Å²) in [4.78, 5) is 16.4. The molecule has 1 N–H and O–H groups in total. The second-order valence-corrected chi connectivity index (χ2v) is 6.37. The molecule has 3 rings (SSSR count). The van der Waals surface area contributed by atoms with Crippen LogP contribution in [0.1, 0.15) is 15.9 Å². The number of benzene rings is 2. The molecule has 0 unspecified atom stereocenters. The Hall–Kier alpha value is -2.86. The lowest BCUT2D eigenvalue weighted by molar-refractivity contribution is 0.102. The highest BCUT2D eigenvalue weighted by atomic mass is 79.9. The van der Waals surface area contributed by atoms with Gasteiger partial charge in [-0.05, 0) is 48.0 Å². The number of amides is 1. The van der Waals surface area contributed by atoms with Crippen LogP contribution >= 0.6 is 15.9 Å². The van der Waals surface area contributed by atoms with Crippen molar-refractivity contribution in [3.8, 4) is 11.5 Å². The first-order chi connectivity index (χ1) is 12.7. The number of halogens is 1. The van der Waals surface area contributed by atoms with Gasteiger partial charge in [-0.3, -0.25) is 4.79 Å². The van der Waals surface area contributed by atoms with Gasteiger partial charge in [-0.25, -0.2) is 4.98 Å². The summed E-state index contributed by atoms with van der Waals surface area (Å²) >= 11 is 3.41. The summed E-state index contributed by atoms with van der Waals surface area (Å²) in [6, 6.07) is 18.3. The first-order valence-corrected chi connectivity index (χ1v) is 8.72. The summed E-state index contributed by atoms with van der Waals surface area (Å²) < 4.78 is 12.2. The molecule has 2 aromatic carbocycles. The van der Waals surface area contributed by atoms with Crippen LogP contribution in [0.25, 0.3) is 0 Å². The van der Waals surface area contributed by atoms with Gasteiger partial charge in [-0.15, -0.1) is 0 Å². The molecule has 5 nitrogen and oxygen atoms in total. The normalized spacial score (nSPS) is 10.2. The van der Waals surface area contributed by atoms with Crippen molar-refractivity contribution in [2.75, 3.05) is 12.4 Å². The molecule has 3 aromatic rings. The second-order valence-electron chi connectivity index (χ2n) is 5.45. The number of nitrogens with one attached hydrogen (secondary N) is 1. The van der Waals surface area contributed by atoms with Gasteiger partial charge in [0.25, 0.3) is 5.91 Å². The van der Waals surface area contributed by atoms with Crippen LogP contribution in [-0.4, -0.2) is 18.0 Å². The predicted octanol–water partition coefficient (Wildman–Crippen LogP) is 4.68. The van der Waals surface area contributed by atoms with Gasteiger partial charge in [0, 0.05) is 16.2 Å². The van der Waals surface area contributed by atoms with E-state index in [4.69, 9.17) is 9.47 Å². The Morgan fingerprint density at radius 3 is 2.58 bits per heavy atom. The van der Waals surface area contributed by atoms with Gasteiger partial charge < -0.3 is 14.8 Å². The van der Waals surface area contributed by atoms with Crippen molar-refractivity contribution in [2.24, 2.45) is 0 Å². The molecule has 0 radical (unpaired) electrons. The van der Waals surface area contributed by atoms with Crippen LogP contribution in [0.4, 0.5) is 5.82 Å². The lowest BCUT2D eigenvalue weighted by Gasteiger charge is -2.12. The highest BCUT2D eigenvalue weighted by Crippen LogP contribution is 2.29. The number of methoxy groups -OCH3 is 1. The number of hydrogen-bond donors (Lipinski definition) is 1. The molecule has 0 aliphatic carbocycles. The third kappa shape index (κ3) is 4.61. The number of anilines is 1. The summed E-state index contributed by atoms with van der Waals surface area (Å²) in [5, 5.41) is 2.74. The van der Waals surface area contributed by atoms with E-state index in [1.165, 1.54) is 0 Å². The molecular formula is C20H17BrN2O3. The average molecular weight is 413 g/mol. The minimum Gasteiger partial charge on any atom is -0.493 e. The van der Waals surface area contributed by atoms with Crippen LogP contribution in [0, 0.1) is 0 Å². The Balaban J connectivity index is 1.70. The van der Waals surface area contributed by atoms with E-state index < -0.39 is 0 Å². The van der Waals surface area contributed by atoms with Crippen molar-refractivity contribution in [3.05, 3.63) is 82.5 Å². The fourth-order valence-corrected chi connectivity index (χ4v) is 2.56. The summed E-state index contributed by atoms with van der Waals surface area (Å²) in [7, 11) is 1.54. The number of pyridine rings is 1. The zero-order valence-electron chi connectivity index (χ0n) is 14.1. The van der Waals surface area contributed by atoms with E-state index in [-0.39, 0.29) is 5.91 Å². The van der Waals surface area contributed by atoms with Crippen molar-refractivity contribution in [1.29, 1.82) is 0 Å². The van der Waals surface area contributed by atoms with Crippen molar-refractivity contribution < 1.29 is 14.3 Å². The smallest absolute Gasteiger partial charge is 0.256 e. The number of rotatable bonds is 6. The molecule has 1 amide bonds. The van der Waals surface area contributed by atoms with E-state index >= 15 is 0 Å². The van der Waals surface area contributed by atoms with Crippen LogP contribution in [0.5, 0.6) is 11.5 Å². The molecule has 0 aliphatic heterocycles. The standard InChI is InChI=1S/C20H17BrN2O3/c1-25-18-12-15(20(24)23-19-4-2-3-11-22-19)7-10-17(18)26-13-14-5-8-16(21)9-6-14/h2-12H,13H2,1H3,(H,22,23,24). The summed E-state index contributed by atoms with van der Waals surface area (Å²) in [6.45, 7) is 0.406. The third-order valence-electron chi connectivity index (χ3n) is 3.64. The quantitative estimate of drug-likeness (QED) is 0.638. The Morgan fingerprint density at radius 2 is 1.88 bits per heavy atom. The van der Waals surface area contributed by atoms with Crippen LogP contribution in [0.2, 0.25) is 0 Å². The molecular weight excluding hydrogens is 396 g/mol. The van der Waals surface area contributed by atoms with Gasteiger partial charge >= 0.3 is 0 Å². The van der Waals surface area contributed by atoms with Gasteiger partial charge in [0.1, 0.15) is 12.4 Å². The molecule has 6 heteroatoms. The first-order valence-electron chi connectivity index (χ1n) is 7.93. The number of hydrogen-bond acceptors (Lipinski definition) is 4. The van der Waals surface area contributed by atoms with Crippen molar-refractivity contribution in [3.63, 3.8) is 0 Å². The number of nitrogens with zero attached hydrogens (tertiary/aromatic N) is 1. The third-order valence-corrected chi connectivity index (χ3v) is 4.17. The highest BCUT2D eigenvalue weighted by Gasteiger charge is 2.12. The maximum Gasteiger partial charge on any atom is 0.256 e. The minimum absolute atomic E-state index is 0.263. The largest absolute Gasteiger partial charge is 0.493 e. The zero-order chi connectivity index (χ0) is 18.4. The molecule has 0 saturated heterocycles. The van der Waals surface area contributed by atoms with Crippen LogP contribution in [-0.2, 0) is 6.61 Å². The van der Waals surface area contributed by atoms with E-state index in [9.17, 15) is 4.79 Å². The molecule has 0 aliphatic rings. The Labute approximate surface area is 160 Å². The SMILES string of the molecule is COc1cc(C(=O)Nc2ccccn2)ccc1OCc1ccc(Br)cc1. The van der Waals surface area contributed by atoms with Gasteiger partial charge in [0.05, 0.1) is 7.11 Å². The number of carbonyl (C=O) groups excluding carboxylic acids is 1. The van der Waals surface area contributed by atoms with Gasteiger partial charge in [0.15, 0.2) is 11.5 Å². The van der Waals surface area contributed by atoms with Crippen molar-refractivity contribution >= 4 is 27.7 Å². The topological polar surface area (TPSA) is 60.5 Å². The molecule has 0 spiro atoms. The molecule has 0 fully saturated rings. The average Bonchev–Trinajstić information content (AvgIpc) is 2.68. The highest BCUT2D eigenvalue weighted by molar-refractivity contribution is 9.10. The number of aromatic nitrogens is 1. The zero-order valence-corrected chi connectivity index (χ0v) is 15.7. The molecule has 26 heavy (non-hydrogen) atoms. The molecule has 1 aromatic heterocycles. The van der Waals surface area contributed by atoms with Gasteiger partial charge in [-0.2, -0.15) is 0 Å². The van der Waals surface area contributed by atoms with E-state index in [0.29, 0.717) is 29.5 Å². The lowest BCUT2D eigenvalue weighted by Crippen LogP contribution is -2.13. The Kier molecular flexibility index (Phi) is 5.86. The molecule has 0 bridgehead atoms. The number of ether oxygens (including phenoxy) is 2. The molecule has 1 heterocycles. The molecule has 0 atom stereocenters. The number of carbonyl (C=O) groups is 1. The minimum atomic E-state index is -0.263. The lowest BCUT2D eigenvalue weighted by atomic mass is 10.2. The van der Waals surface area contributed by atoms with Crippen LogP contribution < -0.4 is 14.8 Å². The fraction of sp³-hybridized carbons (Fsp3) is 0.100. The predicted molar refractivity (Wildman–Crippen MR) is 104 cm³/mol. The van der Waals surface area contributed by atoms with Gasteiger partial charge in [0.2, 0.25) is 0 Å². The second kappa shape index (κ2) is 8.49. The Bertz CT molecular complexity index is 883. The van der Waals surface area contributed by atoms with E-state index in [1.807, 2.05) is 30.3 Å². The van der Waals surface area contributed by atoms with Crippen molar-refractivity contribution in [1.82, 2.24) is 4.98 Å². The van der Waals surface area contributed by atoms with Crippen LogP contribution in [0.15, 0.2) is 71.3 Å². The maximum absolute atomic E-state index is 12.4. The van der Waals surface area contributed by atoms with E-state index in [0.717, 1.165) is 10.0 Å². The Morgan fingerprint density at radius 1 is 1.08 bits per heavy atom. The van der Waals surface area contributed by atoms with E-state index in [1.54, 1.807) is 43.6 Å². The molecule has 132 valence electrons. The van der Waals surface area contributed by atoms with Gasteiger partial charge in [-0.1, -0.05) is 34.1 Å². The molecule has 0 saturated carbocycles. The maximum atomic E-state index is 12.4. The summed E-state index contributed by atoms with van der Waals surface area (Å²) in [6.07, 6.45) is 1.62. The van der Waals surface area contributed by atoms with E-state index in [2.05, 4.69) is 26.2 Å². The first kappa shape index (κ1) is 17.9. The summed E-state index contributed by atoms with van der Waals surface area (Å²) in [5.74, 6) is 1.30.